The standard InChI is InChI=1S/C19H19N3O3S/c1-12-10-16(18(23)25-12)26-19-21-20-17(15-8-9-24-13(15)2)22(19)11-14-6-4-3-5-7-14/h3-9,12,16H,10-11H2,1-2H3/t12-,16+/m0/s1. The van der Waals surface area contributed by atoms with E-state index in [0.29, 0.717) is 18.1 Å². The van der Waals surface area contributed by atoms with Gasteiger partial charge in [-0.25, -0.2) is 0 Å². The van der Waals surface area contributed by atoms with E-state index in [1.165, 1.54) is 11.8 Å². The summed E-state index contributed by atoms with van der Waals surface area (Å²) in [5.74, 6) is 1.34. The van der Waals surface area contributed by atoms with E-state index in [1.807, 2.05) is 42.7 Å². The van der Waals surface area contributed by atoms with Crippen LogP contribution in [0.3, 0.4) is 0 Å². The number of thioether (sulfide) groups is 1. The first kappa shape index (κ1) is 16.9. The molecule has 0 aliphatic carbocycles. The Hall–Kier alpha value is -2.54. The highest BCUT2D eigenvalue weighted by Crippen LogP contribution is 2.34. The number of hydrogen-bond acceptors (Lipinski definition) is 6. The first-order valence-corrected chi connectivity index (χ1v) is 9.38. The van der Waals surface area contributed by atoms with Crippen molar-refractivity contribution in [1.29, 1.82) is 0 Å². The Morgan fingerprint density at radius 1 is 1.23 bits per heavy atom. The summed E-state index contributed by atoms with van der Waals surface area (Å²) in [6, 6.07) is 12.0. The zero-order valence-corrected chi connectivity index (χ0v) is 15.4. The lowest BCUT2D eigenvalue weighted by Gasteiger charge is -2.11. The van der Waals surface area contributed by atoms with Gasteiger partial charge in [0.25, 0.3) is 0 Å². The molecule has 6 nitrogen and oxygen atoms in total. The van der Waals surface area contributed by atoms with Crippen molar-refractivity contribution in [3.05, 3.63) is 54.0 Å². The van der Waals surface area contributed by atoms with Crippen LogP contribution in [0.15, 0.2) is 52.2 Å². The van der Waals surface area contributed by atoms with E-state index in [-0.39, 0.29) is 17.3 Å². The van der Waals surface area contributed by atoms with Crippen LogP contribution in [-0.4, -0.2) is 32.1 Å². The third kappa shape index (κ3) is 3.26. The van der Waals surface area contributed by atoms with Crippen LogP contribution in [0.2, 0.25) is 0 Å². The smallest absolute Gasteiger partial charge is 0.319 e. The second kappa shape index (κ2) is 6.99. The molecule has 0 unspecified atom stereocenters. The number of benzene rings is 1. The fourth-order valence-corrected chi connectivity index (χ4v) is 4.18. The summed E-state index contributed by atoms with van der Waals surface area (Å²) in [5, 5.41) is 9.20. The Morgan fingerprint density at radius 3 is 2.69 bits per heavy atom. The van der Waals surface area contributed by atoms with Crippen molar-refractivity contribution in [2.75, 3.05) is 0 Å². The van der Waals surface area contributed by atoms with E-state index in [4.69, 9.17) is 9.15 Å². The Balaban J connectivity index is 1.70. The van der Waals surface area contributed by atoms with Crippen LogP contribution in [-0.2, 0) is 16.1 Å². The van der Waals surface area contributed by atoms with E-state index in [0.717, 1.165) is 22.7 Å². The van der Waals surface area contributed by atoms with E-state index < -0.39 is 0 Å². The van der Waals surface area contributed by atoms with Gasteiger partial charge in [-0.15, -0.1) is 10.2 Å². The zero-order valence-electron chi connectivity index (χ0n) is 14.6. The van der Waals surface area contributed by atoms with E-state index >= 15 is 0 Å². The summed E-state index contributed by atoms with van der Waals surface area (Å²) in [6.45, 7) is 4.43. The Labute approximate surface area is 155 Å². The van der Waals surface area contributed by atoms with Gasteiger partial charge in [0, 0.05) is 6.42 Å². The summed E-state index contributed by atoms with van der Waals surface area (Å²) in [6.07, 6.45) is 2.28. The molecule has 2 aromatic heterocycles. The number of carbonyl (C=O) groups is 1. The number of rotatable bonds is 5. The van der Waals surface area contributed by atoms with Crippen LogP contribution < -0.4 is 0 Å². The minimum absolute atomic E-state index is 0.0546. The van der Waals surface area contributed by atoms with Crippen molar-refractivity contribution in [1.82, 2.24) is 14.8 Å². The molecule has 26 heavy (non-hydrogen) atoms. The first-order valence-electron chi connectivity index (χ1n) is 8.50. The lowest BCUT2D eigenvalue weighted by molar-refractivity contribution is -0.140. The molecule has 7 heteroatoms. The van der Waals surface area contributed by atoms with E-state index in [9.17, 15) is 4.79 Å². The van der Waals surface area contributed by atoms with Gasteiger partial charge in [0.05, 0.1) is 18.4 Å². The third-order valence-corrected chi connectivity index (χ3v) is 5.56. The van der Waals surface area contributed by atoms with Crippen molar-refractivity contribution in [3.8, 4) is 11.4 Å². The maximum Gasteiger partial charge on any atom is 0.319 e. The average Bonchev–Trinajstić information content (AvgIpc) is 3.29. The first-order chi connectivity index (χ1) is 12.6. The van der Waals surface area contributed by atoms with Gasteiger partial charge in [0.2, 0.25) is 0 Å². The Bertz CT molecular complexity index is 919. The third-order valence-electron chi connectivity index (χ3n) is 4.37. The van der Waals surface area contributed by atoms with Crippen LogP contribution in [0.1, 0.15) is 24.7 Å². The minimum atomic E-state index is -0.248. The normalized spacial score (nSPS) is 19.7. The quantitative estimate of drug-likeness (QED) is 0.639. The van der Waals surface area contributed by atoms with Crippen molar-refractivity contribution in [3.63, 3.8) is 0 Å². The molecule has 1 aromatic carbocycles. The van der Waals surface area contributed by atoms with Gasteiger partial charge in [-0.05, 0) is 25.5 Å². The summed E-state index contributed by atoms with van der Waals surface area (Å²) in [7, 11) is 0. The number of cyclic esters (lactones) is 1. The van der Waals surface area contributed by atoms with Gasteiger partial charge in [-0.2, -0.15) is 0 Å². The summed E-state index contributed by atoms with van der Waals surface area (Å²) >= 11 is 1.42. The molecule has 0 N–H and O–H groups in total. The fraction of sp³-hybridized carbons (Fsp3) is 0.316. The van der Waals surface area contributed by atoms with Gasteiger partial charge >= 0.3 is 5.97 Å². The lowest BCUT2D eigenvalue weighted by Crippen LogP contribution is -2.12. The van der Waals surface area contributed by atoms with Gasteiger partial charge in [-0.1, -0.05) is 42.1 Å². The number of ether oxygens (including phenoxy) is 1. The van der Waals surface area contributed by atoms with Crippen molar-refractivity contribution in [2.24, 2.45) is 0 Å². The minimum Gasteiger partial charge on any atom is -0.469 e. The van der Waals surface area contributed by atoms with Crippen molar-refractivity contribution >= 4 is 17.7 Å². The molecule has 0 radical (unpaired) electrons. The largest absolute Gasteiger partial charge is 0.469 e. The molecule has 1 aliphatic rings. The Morgan fingerprint density at radius 2 is 2.04 bits per heavy atom. The molecule has 4 rings (SSSR count). The van der Waals surface area contributed by atoms with Crippen LogP contribution in [0.5, 0.6) is 0 Å². The Kier molecular flexibility index (Phi) is 4.55. The highest BCUT2D eigenvalue weighted by atomic mass is 32.2. The van der Waals surface area contributed by atoms with Crippen LogP contribution in [0.25, 0.3) is 11.4 Å². The highest BCUT2D eigenvalue weighted by Gasteiger charge is 2.34. The predicted molar refractivity (Wildman–Crippen MR) is 97.8 cm³/mol. The van der Waals surface area contributed by atoms with Crippen molar-refractivity contribution in [2.45, 2.75) is 43.3 Å². The van der Waals surface area contributed by atoms with Crippen LogP contribution in [0, 0.1) is 6.92 Å². The molecule has 2 atom stereocenters. The molecule has 134 valence electrons. The zero-order chi connectivity index (χ0) is 18.1. The van der Waals surface area contributed by atoms with E-state index in [1.54, 1.807) is 6.26 Å². The molecule has 0 spiro atoms. The number of furan rings is 1. The topological polar surface area (TPSA) is 70.2 Å². The molecule has 0 saturated carbocycles. The number of nitrogens with zero attached hydrogens (tertiary/aromatic N) is 3. The molecular weight excluding hydrogens is 350 g/mol. The SMILES string of the molecule is Cc1occc1-c1nnc(S[C@@H]2C[C@H](C)OC2=O)n1Cc1ccccc1. The van der Waals surface area contributed by atoms with Gasteiger partial charge < -0.3 is 9.15 Å². The van der Waals surface area contributed by atoms with Gasteiger partial charge in [0.15, 0.2) is 11.0 Å². The molecule has 3 aromatic rings. The second-order valence-electron chi connectivity index (χ2n) is 6.36. The fourth-order valence-electron chi connectivity index (χ4n) is 3.04. The summed E-state index contributed by atoms with van der Waals surface area (Å²) < 4.78 is 12.7. The number of carbonyl (C=O) groups excluding carboxylic acids is 1. The predicted octanol–water partition coefficient (Wildman–Crippen LogP) is 3.69. The number of esters is 1. The molecular formula is C19H19N3O3S. The molecule has 3 heterocycles. The van der Waals surface area contributed by atoms with Crippen LogP contribution in [0.4, 0.5) is 0 Å². The average molecular weight is 369 g/mol. The van der Waals surface area contributed by atoms with Crippen LogP contribution >= 0.6 is 11.8 Å². The molecule has 1 saturated heterocycles. The maximum absolute atomic E-state index is 12.0. The number of hydrogen-bond donors (Lipinski definition) is 0. The summed E-state index contributed by atoms with van der Waals surface area (Å²) in [5.41, 5.74) is 2.04. The highest BCUT2D eigenvalue weighted by molar-refractivity contribution is 8.00. The monoisotopic (exact) mass is 369 g/mol. The number of aromatic nitrogens is 3. The van der Waals surface area contributed by atoms with E-state index in [2.05, 4.69) is 22.3 Å². The van der Waals surface area contributed by atoms with Gasteiger partial charge in [0.1, 0.15) is 17.1 Å². The molecule has 0 bridgehead atoms. The maximum atomic E-state index is 12.0. The molecule has 1 fully saturated rings. The molecule has 1 aliphatic heterocycles. The lowest BCUT2D eigenvalue weighted by atomic mass is 10.2. The summed E-state index contributed by atoms with van der Waals surface area (Å²) in [4.78, 5) is 12.0. The van der Waals surface area contributed by atoms with Gasteiger partial charge in [-0.3, -0.25) is 9.36 Å². The number of aryl methyl sites for hydroxylation is 1. The second-order valence-corrected chi connectivity index (χ2v) is 7.53. The van der Waals surface area contributed by atoms with Crippen molar-refractivity contribution < 1.29 is 13.9 Å². The molecule has 0 amide bonds.